The van der Waals surface area contributed by atoms with Crippen LogP contribution in [0.1, 0.15) is 38.5 Å². The predicted molar refractivity (Wildman–Crippen MR) is 146 cm³/mol. The fourth-order valence-corrected chi connectivity index (χ4v) is 6.12. The highest BCUT2D eigenvalue weighted by Crippen LogP contribution is 2.47. The molecular weight excluding hydrogens is 518 g/mol. The fourth-order valence-electron chi connectivity index (χ4n) is 5.19. The molecule has 196 valence electrons. The zero-order valence-corrected chi connectivity index (χ0v) is 22.1. The number of aryl methyl sites for hydroxylation is 1. The summed E-state index contributed by atoms with van der Waals surface area (Å²) in [6.45, 7) is 1.86. The van der Waals surface area contributed by atoms with Gasteiger partial charge in [-0.25, -0.2) is 4.79 Å². The number of benzene rings is 3. The van der Waals surface area contributed by atoms with E-state index in [-0.39, 0.29) is 22.0 Å². The normalized spacial score (nSPS) is 15.9. The summed E-state index contributed by atoms with van der Waals surface area (Å²) < 4.78 is 33.3. The van der Waals surface area contributed by atoms with E-state index in [4.69, 9.17) is 4.18 Å². The summed E-state index contributed by atoms with van der Waals surface area (Å²) in [7, 11) is -1.11. The minimum atomic E-state index is -4.06. The first kappa shape index (κ1) is 24.6. The number of anilines is 1. The lowest BCUT2D eigenvalue weighted by molar-refractivity contribution is 0.103. The minimum absolute atomic E-state index is 0.0259. The highest BCUT2D eigenvalue weighted by atomic mass is 32.2. The van der Waals surface area contributed by atoms with E-state index in [1.165, 1.54) is 35.9 Å². The summed E-state index contributed by atoms with van der Waals surface area (Å²) in [6.07, 6.45) is 0. The van der Waals surface area contributed by atoms with Crippen LogP contribution in [0.2, 0.25) is 0 Å². The molecule has 0 saturated carbocycles. The zero-order chi connectivity index (χ0) is 27.6. The molecule has 0 saturated heterocycles. The van der Waals surface area contributed by atoms with Crippen molar-refractivity contribution in [1.82, 2.24) is 9.13 Å². The number of aromatic nitrogens is 2. The van der Waals surface area contributed by atoms with Gasteiger partial charge in [-0.15, -0.1) is 0 Å². The van der Waals surface area contributed by atoms with Crippen molar-refractivity contribution in [3.63, 3.8) is 0 Å². The Bertz CT molecular complexity index is 1950. The van der Waals surface area contributed by atoms with Crippen molar-refractivity contribution in [2.75, 3.05) is 5.32 Å². The fraction of sp³-hybridized carbons (Fsp3) is 0.138. The van der Waals surface area contributed by atoms with Crippen molar-refractivity contribution >= 4 is 27.4 Å². The molecule has 4 aromatic rings. The van der Waals surface area contributed by atoms with E-state index < -0.39 is 27.3 Å². The lowest BCUT2D eigenvalue weighted by Crippen LogP contribution is -2.42. The van der Waals surface area contributed by atoms with Crippen molar-refractivity contribution in [2.24, 2.45) is 14.1 Å². The first-order valence-electron chi connectivity index (χ1n) is 12.1. The first-order chi connectivity index (χ1) is 18.6. The van der Waals surface area contributed by atoms with Crippen molar-refractivity contribution in [3.8, 4) is 5.75 Å². The van der Waals surface area contributed by atoms with Crippen LogP contribution < -0.4 is 20.7 Å². The molecule has 39 heavy (non-hydrogen) atoms. The molecule has 3 aromatic carbocycles. The minimum Gasteiger partial charge on any atom is -0.379 e. The van der Waals surface area contributed by atoms with E-state index in [1.807, 2.05) is 19.1 Å². The maximum Gasteiger partial charge on any atom is 0.339 e. The lowest BCUT2D eigenvalue weighted by atomic mass is 9.81. The number of allylic oxidation sites excluding steroid dienone is 1. The summed E-state index contributed by atoms with van der Waals surface area (Å²) in [4.78, 5) is 39.8. The van der Waals surface area contributed by atoms with Crippen LogP contribution in [-0.2, 0) is 24.2 Å². The average molecular weight is 542 g/mol. The van der Waals surface area contributed by atoms with Crippen LogP contribution in [-0.4, -0.2) is 23.3 Å². The Hall–Kier alpha value is -4.70. The molecule has 2 heterocycles. The Labute approximate surface area is 223 Å². The molecule has 1 aromatic heterocycles. The number of rotatable bonds is 4. The molecule has 0 bridgehead atoms. The zero-order valence-electron chi connectivity index (χ0n) is 21.3. The maximum atomic E-state index is 13.6. The molecule has 0 fully saturated rings. The number of nitrogens with one attached hydrogen (secondary N) is 1. The van der Waals surface area contributed by atoms with Gasteiger partial charge >= 0.3 is 15.8 Å². The van der Waals surface area contributed by atoms with Crippen LogP contribution in [0.5, 0.6) is 5.75 Å². The van der Waals surface area contributed by atoms with Gasteiger partial charge in [-0.1, -0.05) is 54.1 Å². The second kappa shape index (κ2) is 8.67. The van der Waals surface area contributed by atoms with Crippen molar-refractivity contribution in [2.45, 2.75) is 17.7 Å². The van der Waals surface area contributed by atoms with Gasteiger partial charge in [0, 0.05) is 36.7 Å². The SMILES string of the molecule is Cc1ccc(S(=O)(=O)Oc2ccc([C@@H]3C4=C(Nc5c3c(=O)n(C)c(=O)n5C)c3ccccc3C4=O)cc2)cc1. The van der Waals surface area contributed by atoms with Gasteiger partial charge in [-0.2, -0.15) is 8.42 Å². The third kappa shape index (κ3) is 3.75. The van der Waals surface area contributed by atoms with Crippen LogP contribution in [0.4, 0.5) is 5.82 Å². The standard InChI is InChI=1S/C29H23N3O6S/c1-16-8-14-19(15-9-16)39(36,37)38-18-12-10-17(11-13-18)22-23-25(20-6-4-5-7-21(20)26(23)33)30-27-24(22)28(34)32(3)29(35)31(27)2/h4-15,22,30H,1-3H3/t22-/m1/s1. The summed E-state index contributed by atoms with van der Waals surface area (Å²) in [5.74, 6) is -0.637. The van der Waals surface area contributed by atoms with Crippen LogP contribution in [0.15, 0.2) is 92.9 Å². The maximum absolute atomic E-state index is 13.6. The third-order valence-corrected chi connectivity index (χ3v) is 8.47. The Morgan fingerprint density at radius 1 is 0.821 bits per heavy atom. The van der Waals surface area contributed by atoms with E-state index in [1.54, 1.807) is 43.4 Å². The molecule has 0 radical (unpaired) electrons. The number of hydrogen-bond acceptors (Lipinski definition) is 7. The van der Waals surface area contributed by atoms with Crippen LogP contribution in [0.25, 0.3) is 5.70 Å². The van der Waals surface area contributed by atoms with E-state index in [9.17, 15) is 22.8 Å². The summed E-state index contributed by atoms with van der Waals surface area (Å²) in [5, 5.41) is 3.19. The highest BCUT2D eigenvalue weighted by Gasteiger charge is 2.42. The monoisotopic (exact) mass is 541 g/mol. The van der Waals surface area contributed by atoms with Gasteiger partial charge in [0.05, 0.1) is 11.3 Å². The predicted octanol–water partition coefficient (Wildman–Crippen LogP) is 3.33. The molecule has 6 rings (SSSR count). The van der Waals surface area contributed by atoms with Crippen molar-refractivity contribution in [1.29, 1.82) is 0 Å². The molecule has 0 unspecified atom stereocenters. The largest absolute Gasteiger partial charge is 0.379 e. The van der Waals surface area contributed by atoms with Crippen molar-refractivity contribution < 1.29 is 17.4 Å². The number of fused-ring (bicyclic) bond motifs is 3. The molecule has 10 heteroatoms. The Balaban J connectivity index is 1.48. The molecular formula is C29H23N3O6S. The smallest absolute Gasteiger partial charge is 0.339 e. The number of hydrogen-bond donors (Lipinski definition) is 1. The quantitative estimate of drug-likeness (QED) is 0.394. The van der Waals surface area contributed by atoms with E-state index in [0.29, 0.717) is 33.8 Å². The van der Waals surface area contributed by atoms with Gasteiger partial charge in [0.25, 0.3) is 5.56 Å². The van der Waals surface area contributed by atoms with Gasteiger partial charge in [0.15, 0.2) is 5.78 Å². The molecule has 0 spiro atoms. The molecule has 1 atom stereocenters. The highest BCUT2D eigenvalue weighted by molar-refractivity contribution is 7.87. The first-order valence-corrected chi connectivity index (χ1v) is 13.6. The van der Waals surface area contributed by atoms with E-state index in [0.717, 1.165) is 10.1 Å². The van der Waals surface area contributed by atoms with Gasteiger partial charge in [-0.05, 0) is 36.8 Å². The molecule has 9 nitrogen and oxygen atoms in total. The summed E-state index contributed by atoms with van der Waals surface area (Å²) in [5.41, 5.74) is 2.83. The molecule has 1 aliphatic heterocycles. The number of carbonyl (C=O) groups excluding carboxylic acids is 1. The number of Topliss-reactive ketones (excluding diaryl/α,β-unsaturated/α-hetero) is 1. The number of nitrogens with zero attached hydrogens (tertiary/aromatic N) is 2. The van der Waals surface area contributed by atoms with Crippen molar-refractivity contribution in [3.05, 3.63) is 127 Å². The van der Waals surface area contributed by atoms with Crippen LogP contribution in [0, 0.1) is 6.92 Å². The van der Waals surface area contributed by atoms with Gasteiger partial charge in [0.1, 0.15) is 16.5 Å². The summed E-state index contributed by atoms with van der Waals surface area (Å²) in [6, 6.07) is 19.7. The number of ketones is 1. The van der Waals surface area contributed by atoms with E-state index in [2.05, 4.69) is 5.32 Å². The lowest BCUT2D eigenvalue weighted by Gasteiger charge is -2.29. The van der Waals surface area contributed by atoms with Crippen LogP contribution in [0.3, 0.4) is 0 Å². The molecule has 0 amide bonds. The Kier molecular flexibility index (Phi) is 5.47. The van der Waals surface area contributed by atoms with E-state index >= 15 is 0 Å². The average Bonchev–Trinajstić information content (AvgIpc) is 3.22. The van der Waals surface area contributed by atoms with Gasteiger partial charge in [0.2, 0.25) is 0 Å². The second-order valence-electron chi connectivity index (χ2n) is 9.61. The molecule has 1 N–H and O–H groups in total. The molecule has 2 aliphatic rings. The molecule has 1 aliphatic carbocycles. The number of carbonyl (C=O) groups is 1. The Morgan fingerprint density at radius 3 is 2.13 bits per heavy atom. The second-order valence-corrected chi connectivity index (χ2v) is 11.2. The van der Waals surface area contributed by atoms with Gasteiger partial charge < -0.3 is 9.50 Å². The summed E-state index contributed by atoms with van der Waals surface area (Å²) >= 11 is 0. The Morgan fingerprint density at radius 2 is 1.46 bits per heavy atom. The third-order valence-electron chi connectivity index (χ3n) is 7.20. The topological polar surface area (TPSA) is 116 Å². The van der Waals surface area contributed by atoms with Crippen LogP contribution >= 0.6 is 0 Å². The van der Waals surface area contributed by atoms with Gasteiger partial charge in [-0.3, -0.25) is 18.7 Å².